The maximum absolute atomic E-state index is 15.2. The van der Waals surface area contributed by atoms with Gasteiger partial charge in [-0.1, -0.05) is 35.3 Å². The number of nitrogens with two attached hydrogens (primary N) is 1. The minimum atomic E-state index is -4.45. The maximum atomic E-state index is 15.2. The maximum Gasteiger partial charge on any atom is 0.310 e. The lowest BCUT2D eigenvalue weighted by Crippen LogP contribution is -2.45. The fourth-order valence-electron chi connectivity index (χ4n) is 4.06. The second-order valence-corrected chi connectivity index (χ2v) is 9.98. The number of carbonyl (C=O) groups is 1. The largest absolute Gasteiger partial charge is 0.507 e. The van der Waals surface area contributed by atoms with Gasteiger partial charge in [0.05, 0.1) is 5.56 Å². The Labute approximate surface area is 215 Å². The number of nitrogens with one attached hydrogen (secondary N) is 3. The molecule has 0 aliphatic carbocycles. The van der Waals surface area contributed by atoms with Crippen LogP contribution in [-0.2, 0) is 14.9 Å². The minimum absolute atomic E-state index is 0.117. The number of benzene rings is 2. The number of imidazole rings is 1. The molecule has 3 heterocycles. The van der Waals surface area contributed by atoms with Gasteiger partial charge in [-0.3, -0.25) is 9.78 Å². The number of halogens is 1. The van der Waals surface area contributed by atoms with Gasteiger partial charge in [-0.25, -0.2) is 13.7 Å². The predicted molar refractivity (Wildman–Crippen MR) is 131 cm³/mol. The SMILES string of the molecule is Nc1nc(-c2ccccc2)nc2c1[nH]c[n+]2[C@@H]1O[C@H](CNS(=O)(=O)NC(=O)c2ccccc2O)[C@@H](O)[C@H]1F. The van der Waals surface area contributed by atoms with Gasteiger partial charge in [0.25, 0.3) is 5.91 Å². The van der Waals surface area contributed by atoms with Crippen LogP contribution in [0.1, 0.15) is 16.6 Å². The normalized spacial score (nSPS) is 21.5. The molecule has 1 aliphatic rings. The van der Waals surface area contributed by atoms with Crippen LogP contribution >= 0.6 is 0 Å². The highest BCUT2D eigenvalue weighted by Gasteiger charge is 2.48. The molecule has 4 aromatic rings. The molecular formula is C23H23FN7O6S+. The zero-order chi connectivity index (χ0) is 27.0. The molecular weight excluding hydrogens is 521 g/mol. The predicted octanol–water partition coefficient (Wildman–Crippen LogP) is 0.0610. The molecule has 2 aromatic heterocycles. The van der Waals surface area contributed by atoms with Crippen LogP contribution in [0.25, 0.3) is 22.6 Å². The van der Waals surface area contributed by atoms with Crippen LogP contribution in [0.15, 0.2) is 60.9 Å². The van der Waals surface area contributed by atoms with E-state index >= 15 is 4.39 Å². The molecule has 0 saturated carbocycles. The topological polar surface area (TPSA) is 196 Å². The fourth-order valence-corrected chi connectivity index (χ4v) is 4.87. The number of rotatable bonds is 7. The molecule has 0 unspecified atom stereocenters. The van der Waals surface area contributed by atoms with E-state index in [2.05, 4.69) is 19.7 Å². The van der Waals surface area contributed by atoms with Crippen molar-refractivity contribution in [1.82, 2.24) is 24.4 Å². The number of para-hydroxylation sites is 1. The number of phenolic OH excluding ortho intramolecular Hbond substituents is 1. The molecule has 0 bridgehead atoms. The van der Waals surface area contributed by atoms with Crippen LogP contribution in [0, 0.1) is 0 Å². The summed E-state index contributed by atoms with van der Waals surface area (Å²) in [6.45, 7) is -0.559. The Kier molecular flexibility index (Phi) is 6.66. The second-order valence-electron chi connectivity index (χ2n) is 8.48. The van der Waals surface area contributed by atoms with Gasteiger partial charge in [0.15, 0.2) is 18.3 Å². The van der Waals surface area contributed by atoms with Crippen LogP contribution in [-0.4, -0.2) is 64.4 Å². The first kappa shape index (κ1) is 25.5. The molecule has 0 radical (unpaired) electrons. The number of amides is 1. The van der Waals surface area contributed by atoms with Crippen LogP contribution in [0.4, 0.5) is 10.2 Å². The number of fused-ring (bicyclic) bond motifs is 1. The van der Waals surface area contributed by atoms with Gasteiger partial charge >= 0.3 is 15.9 Å². The Morgan fingerprint density at radius 3 is 2.61 bits per heavy atom. The summed E-state index contributed by atoms with van der Waals surface area (Å²) < 4.78 is 50.7. The van der Waals surface area contributed by atoms with E-state index in [1.165, 1.54) is 35.2 Å². The molecule has 5 rings (SSSR count). The third kappa shape index (κ3) is 4.87. The van der Waals surface area contributed by atoms with Crippen molar-refractivity contribution in [2.45, 2.75) is 24.6 Å². The number of aromatic hydroxyl groups is 1. The molecule has 0 spiro atoms. The standard InChI is InChI=1S/C23H22FN7O6S/c24-16-18(33)15(10-27-38(35,36)30-22(34)13-8-4-5-9-14(13)32)37-23(16)31-11-26-17-19(25)28-20(29-21(17)31)12-6-2-1-3-7-12/h1-9,11,15-16,18,23,27,33H,10H2,(H4,25,28,29,30,32,34)/p+1/t15-,16-,18-,23-/m1/s1. The van der Waals surface area contributed by atoms with Crippen LogP contribution < -0.4 is 19.7 Å². The lowest BCUT2D eigenvalue weighted by molar-refractivity contribution is -0.743. The average molecular weight is 545 g/mol. The van der Waals surface area contributed by atoms with Crippen LogP contribution in [0.2, 0.25) is 0 Å². The summed E-state index contributed by atoms with van der Waals surface area (Å²) in [6.07, 6.45) is -4.98. The zero-order valence-electron chi connectivity index (χ0n) is 19.5. The Morgan fingerprint density at radius 2 is 1.87 bits per heavy atom. The highest BCUT2D eigenvalue weighted by atomic mass is 32.2. The highest BCUT2D eigenvalue weighted by molar-refractivity contribution is 7.88. The first-order chi connectivity index (χ1) is 18.1. The van der Waals surface area contributed by atoms with Gasteiger partial charge in [0.1, 0.15) is 18.0 Å². The molecule has 1 fully saturated rings. The number of nitrogen functional groups attached to an aromatic ring is 1. The van der Waals surface area contributed by atoms with Crippen molar-refractivity contribution in [3.63, 3.8) is 0 Å². The van der Waals surface area contributed by atoms with E-state index in [4.69, 9.17) is 10.5 Å². The van der Waals surface area contributed by atoms with Gasteiger partial charge in [-0.05, 0) is 24.3 Å². The van der Waals surface area contributed by atoms with Crippen molar-refractivity contribution in [3.8, 4) is 17.1 Å². The van der Waals surface area contributed by atoms with Crippen molar-refractivity contribution in [1.29, 1.82) is 0 Å². The first-order valence-corrected chi connectivity index (χ1v) is 12.8. The number of aliphatic hydroxyl groups is 1. The van der Waals surface area contributed by atoms with Gasteiger partial charge in [-0.2, -0.15) is 18.1 Å². The molecule has 15 heteroatoms. The van der Waals surface area contributed by atoms with E-state index in [0.717, 1.165) is 0 Å². The number of phenols is 1. The monoisotopic (exact) mass is 544 g/mol. The van der Waals surface area contributed by atoms with E-state index in [0.29, 0.717) is 16.9 Å². The molecule has 38 heavy (non-hydrogen) atoms. The molecule has 198 valence electrons. The Morgan fingerprint density at radius 1 is 1.16 bits per heavy atom. The number of aromatic nitrogens is 4. The van der Waals surface area contributed by atoms with Gasteiger partial charge in [-0.15, -0.1) is 0 Å². The van der Waals surface area contributed by atoms with Gasteiger partial charge < -0.3 is 20.7 Å². The summed E-state index contributed by atoms with van der Waals surface area (Å²) in [5.41, 5.74) is 7.03. The van der Waals surface area contributed by atoms with Crippen LogP contribution in [0.3, 0.4) is 0 Å². The number of ether oxygens (including phenoxy) is 1. The second kappa shape index (κ2) is 9.94. The van der Waals surface area contributed by atoms with E-state index in [9.17, 15) is 23.4 Å². The first-order valence-electron chi connectivity index (χ1n) is 11.3. The Hall–Kier alpha value is -4.18. The smallest absolute Gasteiger partial charge is 0.310 e. The summed E-state index contributed by atoms with van der Waals surface area (Å²) in [5, 5.41) is 20.2. The summed E-state index contributed by atoms with van der Waals surface area (Å²) in [7, 11) is -4.45. The Bertz CT molecular complexity index is 1600. The van der Waals surface area contributed by atoms with E-state index in [1.807, 2.05) is 6.07 Å². The van der Waals surface area contributed by atoms with E-state index in [-0.39, 0.29) is 17.0 Å². The fraction of sp³-hybridized carbons (Fsp3) is 0.217. The summed E-state index contributed by atoms with van der Waals surface area (Å²) >= 11 is 0. The number of hydrogen-bond acceptors (Lipinski definition) is 9. The van der Waals surface area contributed by atoms with Gasteiger partial charge in [0, 0.05) is 12.1 Å². The molecule has 7 N–H and O–H groups in total. The average Bonchev–Trinajstić information content (AvgIpc) is 3.44. The number of nitrogens with zero attached hydrogens (tertiary/aromatic N) is 3. The van der Waals surface area contributed by atoms with Crippen molar-refractivity contribution in [2.24, 2.45) is 0 Å². The molecule has 1 amide bonds. The van der Waals surface area contributed by atoms with Crippen LogP contribution in [0.5, 0.6) is 5.75 Å². The number of aromatic amines is 1. The number of carbonyl (C=O) groups excluding carboxylic acids is 1. The minimum Gasteiger partial charge on any atom is -0.507 e. The summed E-state index contributed by atoms with van der Waals surface area (Å²) in [6, 6.07) is 14.4. The summed E-state index contributed by atoms with van der Waals surface area (Å²) in [5.74, 6) is -1.08. The van der Waals surface area contributed by atoms with Crippen molar-refractivity contribution in [3.05, 3.63) is 66.5 Å². The number of H-pyrrole nitrogens is 1. The molecule has 2 aromatic carbocycles. The van der Waals surface area contributed by atoms with E-state index in [1.54, 1.807) is 29.0 Å². The zero-order valence-corrected chi connectivity index (χ0v) is 20.3. The third-order valence-electron chi connectivity index (χ3n) is 5.96. The molecule has 13 nitrogen and oxygen atoms in total. The number of anilines is 1. The van der Waals surface area contributed by atoms with Crippen molar-refractivity contribution >= 4 is 33.1 Å². The lowest BCUT2D eigenvalue weighted by Gasteiger charge is -2.15. The highest BCUT2D eigenvalue weighted by Crippen LogP contribution is 2.30. The third-order valence-corrected chi connectivity index (χ3v) is 6.96. The molecule has 1 saturated heterocycles. The summed E-state index contributed by atoms with van der Waals surface area (Å²) in [4.78, 5) is 23.8. The van der Waals surface area contributed by atoms with Crippen molar-refractivity contribution in [2.75, 3.05) is 12.3 Å². The number of alkyl halides is 1. The van der Waals surface area contributed by atoms with E-state index < -0.39 is 53.0 Å². The Balaban J connectivity index is 1.33. The molecule has 4 atom stereocenters. The lowest BCUT2D eigenvalue weighted by atomic mass is 10.1. The van der Waals surface area contributed by atoms with Crippen molar-refractivity contribution < 1.29 is 37.1 Å². The molecule has 1 aliphatic heterocycles. The number of aliphatic hydroxyl groups excluding tert-OH is 1. The quantitative estimate of drug-likeness (QED) is 0.174. The van der Waals surface area contributed by atoms with Gasteiger partial charge in [0.2, 0.25) is 17.6 Å². The number of hydrogen-bond donors (Lipinski definition) is 6.